The molecule has 1 heterocycles. The highest BCUT2D eigenvalue weighted by atomic mass is 35.5. The van der Waals surface area contributed by atoms with Crippen LogP contribution >= 0.6 is 11.6 Å². The molecule has 1 fully saturated rings. The number of alkyl halides is 1. The van der Waals surface area contributed by atoms with Crippen LogP contribution in [0.5, 0.6) is 0 Å². The van der Waals surface area contributed by atoms with Gasteiger partial charge in [0, 0.05) is 5.88 Å². The van der Waals surface area contributed by atoms with Crippen LogP contribution in [0.1, 0.15) is 32.1 Å². The Bertz CT molecular complexity index is 87.6. The number of hydrogen-bond acceptors (Lipinski definition) is 1. The Kier molecular flexibility index (Phi) is 4.96. The van der Waals surface area contributed by atoms with Crippen molar-refractivity contribution < 1.29 is 0 Å². The molecule has 2 heteroatoms. The quantitative estimate of drug-likeness (QED) is 0.596. The van der Waals surface area contributed by atoms with Crippen molar-refractivity contribution in [3.8, 4) is 0 Å². The zero-order chi connectivity index (χ0) is 7.94. The smallest absolute Gasteiger partial charge is 0.0235 e. The van der Waals surface area contributed by atoms with Crippen LogP contribution in [0.25, 0.3) is 0 Å². The molecule has 0 N–H and O–H groups in total. The third kappa shape index (κ3) is 3.97. The van der Waals surface area contributed by atoms with Crippen LogP contribution in [0.2, 0.25) is 0 Å². The van der Waals surface area contributed by atoms with E-state index >= 15 is 0 Å². The molecule has 0 unspecified atom stereocenters. The maximum Gasteiger partial charge on any atom is 0.0235 e. The maximum absolute atomic E-state index is 5.63. The summed E-state index contributed by atoms with van der Waals surface area (Å²) in [4.78, 5) is 2.55. The van der Waals surface area contributed by atoms with Crippen LogP contribution in [0.3, 0.4) is 0 Å². The molecule has 0 bridgehead atoms. The van der Waals surface area contributed by atoms with Crippen molar-refractivity contribution in [2.75, 3.05) is 25.5 Å². The molecule has 1 rings (SSSR count). The van der Waals surface area contributed by atoms with E-state index in [4.69, 9.17) is 11.6 Å². The number of nitrogens with zero attached hydrogens (tertiary/aromatic N) is 1. The summed E-state index contributed by atoms with van der Waals surface area (Å²) in [5, 5.41) is 0. The van der Waals surface area contributed by atoms with Crippen molar-refractivity contribution in [1.82, 2.24) is 4.90 Å². The van der Waals surface area contributed by atoms with Crippen molar-refractivity contribution in [2.24, 2.45) is 0 Å². The van der Waals surface area contributed by atoms with Gasteiger partial charge >= 0.3 is 0 Å². The lowest BCUT2D eigenvalue weighted by Gasteiger charge is -2.18. The van der Waals surface area contributed by atoms with Crippen molar-refractivity contribution in [2.45, 2.75) is 32.1 Å². The third-order valence-corrected chi connectivity index (χ3v) is 2.57. The summed E-state index contributed by atoms with van der Waals surface area (Å²) in [5.74, 6) is 0.816. The lowest BCUT2D eigenvalue weighted by molar-refractivity contribution is 0.286. The second-order valence-corrected chi connectivity index (χ2v) is 3.68. The standard InChI is InChI=1S/C9H18ClN/c10-6-5-9-11-7-3-1-2-4-8-11/h1-9H2. The minimum Gasteiger partial charge on any atom is -0.303 e. The second-order valence-electron chi connectivity index (χ2n) is 3.30. The first-order valence-electron chi connectivity index (χ1n) is 4.72. The fourth-order valence-electron chi connectivity index (χ4n) is 1.64. The minimum atomic E-state index is 0.816. The molecule has 11 heavy (non-hydrogen) atoms. The maximum atomic E-state index is 5.63. The van der Waals surface area contributed by atoms with E-state index < -0.39 is 0 Å². The fourth-order valence-corrected chi connectivity index (χ4v) is 1.76. The van der Waals surface area contributed by atoms with Gasteiger partial charge in [0.25, 0.3) is 0 Å². The van der Waals surface area contributed by atoms with Crippen LogP contribution in [-0.2, 0) is 0 Å². The highest BCUT2D eigenvalue weighted by Gasteiger charge is 2.06. The van der Waals surface area contributed by atoms with Crippen LogP contribution in [0, 0.1) is 0 Å². The van der Waals surface area contributed by atoms with Crippen LogP contribution in [-0.4, -0.2) is 30.4 Å². The molecular weight excluding hydrogens is 158 g/mol. The van der Waals surface area contributed by atoms with Gasteiger partial charge in [-0.05, 0) is 38.9 Å². The molecule has 1 nitrogen and oxygen atoms in total. The first kappa shape index (κ1) is 9.34. The molecule has 0 radical (unpaired) electrons. The highest BCUT2D eigenvalue weighted by molar-refractivity contribution is 6.17. The summed E-state index contributed by atoms with van der Waals surface area (Å²) in [6, 6.07) is 0. The molecule has 0 spiro atoms. The lowest BCUT2D eigenvalue weighted by Crippen LogP contribution is -2.25. The fraction of sp³-hybridized carbons (Fsp3) is 1.00. The van der Waals surface area contributed by atoms with Gasteiger partial charge in [0.05, 0.1) is 0 Å². The van der Waals surface area contributed by atoms with Crippen molar-refractivity contribution >= 4 is 11.6 Å². The summed E-state index contributed by atoms with van der Waals surface area (Å²) in [7, 11) is 0. The number of likely N-dealkylation sites (tertiary alicyclic amines) is 1. The topological polar surface area (TPSA) is 3.24 Å². The highest BCUT2D eigenvalue weighted by Crippen LogP contribution is 2.09. The summed E-state index contributed by atoms with van der Waals surface area (Å²) < 4.78 is 0. The largest absolute Gasteiger partial charge is 0.303 e. The summed E-state index contributed by atoms with van der Waals surface area (Å²) in [6.07, 6.45) is 6.79. The van der Waals surface area contributed by atoms with E-state index in [9.17, 15) is 0 Å². The zero-order valence-electron chi connectivity index (χ0n) is 7.19. The summed E-state index contributed by atoms with van der Waals surface area (Å²) in [5.41, 5.74) is 0. The SMILES string of the molecule is ClCCCN1CCCCCC1. The Morgan fingerprint density at radius 1 is 1.00 bits per heavy atom. The molecule has 66 valence electrons. The predicted octanol–water partition coefficient (Wildman–Crippen LogP) is 2.49. The monoisotopic (exact) mass is 175 g/mol. The van der Waals surface area contributed by atoms with Gasteiger partial charge in [-0.2, -0.15) is 0 Å². The van der Waals surface area contributed by atoms with Crippen molar-refractivity contribution in [3.63, 3.8) is 0 Å². The molecule has 0 saturated carbocycles. The Labute approximate surface area is 74.7 Å². The van der Waals surface area contributed by atoms with Gasteiger partial charge in [-0.1, -0.05) is 12.8 Å². The summed E-state index contributed by atoms with van der Waals surface area (Å²) >= 11 is 5.63. The lowest BCUT2D eigenvalue weighted by atomic mass is 10.2. The molecular formula is C9H18ClN. The van der Waals surface area contributed by atoms with Crippen LogP contribution in [0.4, 0.5) is 0 Å². The number of rotatable bonds is 3. The Hall–Kier alpha value is 0.250. The summed E-state index contributed by atoms with van der Waals surface area (Å²) in [6.45, 7) is 3.82. The Morgan fingerprint density at radius 3 is 2.18 bits per heavy atom. The number of halogens is 1. The molecule has 0 aromatic rings. The first-order valence-corrected chi connectivity index (χ1v) is 5.25. The van der Waals surface area contributed by atoms with E-state index in [0.717, 1.165) is 12.3 Å². The molecule has 1 aliphatic rings. The molecule has 0 amide bonds. The van der Waals surface area contributed by atoms with E-state index in [1.807, 2.05) is 0 Å². The van der Waals surface area contributed by atoms with E-state index in [2.05, 4.69) is 4.90 Å². The van der Waals surface area contributed by atoms with Gasteiger partial charge in [0.1, 0.15) is 0 Å². The van der Waals surface area contributed by atoms with Gasteiger partial charge in [-0.3, -0.25) is 0 Å². The molecule has 0 atom stereocenters. The average Bonchev–Trinajstić information content (AvgIpc) is 2.28. The average molecular weight is 176 g/mol. The van der Waals surface area contributed by atoms with Crippen LogP contribution in [0.15, 0.2) is 0 Å². The normalized spacial score (nSPS) is 21.5. The van der Waals surface area contributed by atoms with Crippen molar-refractivity contribution in [1.29, 1.82) is 0 Å². The molecule has 0 aromatic carbocycles. The van der Waals surface area contributed by atoms with E-state index in [-0.39, 0.29) is 0 Å². The van der Waals surface area contributed by atoms with E-state index in [1.165, 1.54) is 45.3 Å². The third-order valence-electron chi connectivity index (χ3n) is 2.31. The van der Waals surface area contributed by atoms with Gasteiger partial charge in [0.15, 0.2) is 0 Å². The molecule has 1 saturated heterocycles. The second kappa shape index (κ2) is 5.84. The minimum absolute atomic E-state index is 0.816. The Balaban J connectivity index is 2.09. The zero-order valence-corrected chi connectivity index (χ0v) is 7.95. The molecule has 0 aliphatic carbocycles. The van der Waals surface area contributed by atoms with Gasteiger partial charge in [-0.15, -0.1) is 11.6 Å². The van der Waals surface area contributed by atoms with Gasteiger partial charge < -0.3 is 4.90 Å². The van der Waals surface area contributed by atoms with Gasteiger partial charge in [-0.25, -0.2) is 0 Å². The van der Waals surface area contributed by atoms with Crippen molar-refractivity contribution in [3.05, 3.63) is 0 Å². The Morgan fingerprint density at radius 2 is 1.64 bits per heavy atom. The van der Waals surface area contributed by atoms with Crippen LogP contribution < -0.4 is 0 Å². The predicted molar refractivity (Wildman–Crippen MR) is 50.2 cm³/mol. The van der Waals surface area contributed by atoms with E-state index in [1.54, 1.807) is 0 Å². The number of hydrogen-bond donors (Lipinski definition) is 0. The molecule has 1 aliphatic heterocycles. The van der Waals surface area contributed by atoms with E-state index in [0.29, 0.717) is 0 Å². The van der Waals surface area contributed by atoms with Gasteiger partial charge in [0.2, 0.25) is 0 Å². The molecule has 0 aromatic heterocycles. The first-order chi connectivity index (χ1) is 5.43.